The van der Waals surface area contributed by atoms with E-state index in [-0.39, 0.29) is 6.79 Å². The fraction of sp³-hybridized carbons (Fsp3) is 0.276. The minimum Gasteiger partial charge on any atom is -0.494 e. The van der Waals surface area contributed by atoms with Crippen molar-refractivity contribution in [2.24, 2.45) is 0 Å². The Bertz CT molecular complexity index is 1420. The van der Waals surface area contributed by atoms with Crippen LogP contribution in [-0.2, 0) is 13.0 Å². The first-order valence-electron chi connectivity index (χ1n) is 12.2. The van der Waals surface area contributed by atoms with Gasteiger partial charge in [-0.1, -0.05) is 11.6 Å². The van der Waals surface area contributed by atoms with Crippen molar-refractivity contribution in [2.75, 3.05) is 27.1 Å². The van der Waals surface area contributed by atoms with Crippen LogP contribution in [0.4, 0.5) is 0 Å². The molecule has 0 N–H and O–H groups in total. The Hall–Kier alpha value is -3.64. The van der Waals surface area contributed by atoms with E-state index < -0.39 is 0 Å². The number of benzene rings is 3. The first-order chi connectivity index (χ1) is 17.7. The van der Waals surface area contributed by atoms with Crippen LogP contribution in [0.5, 0.6) is 28.7 Å². The van der Waals surface area contributed by atoms with Crippen LogP contribution in [0.3, 0.4) is 0 Å². The summed E-state index contributed by atoms with van der Waals surface area (Å²) in [6, 6.07) is 17.9. The van der Waals surface area contributed by atoms with E-state index in [9.17, 15) is 0 Å². The van der Waals surface area contributed by atoms with Gasteiger partial charge in [-0.15, -0.1) is 0 Å². The zero-order valence-corrected chi connectivity index (χ0v) is 20.8. The highest BCUT2D eigenvalue weighted by Gasteiger charge is 2.28. The van der Waals surface area contributed by atoms with Crippen LogP contribution in [0.25, 0.3) is 22.0 Å². The molecule has 3 heterocycles. The van der Waals surface area contributed by atoms with Gasteiger partial charge in [0.25, 0.3) is 0 Å². The summed E-state index contributed by atoms with van der Waals surface area (Å²) in [7, 11) is 1.68. The van der Waals surface area contributed by atoms with Crippen molar-refractivity contribution in [1.82, 2.24) is 0 Å². The molecule has 0 aliphatic carbocycles. The molecule has 0 fully saturated rings. The Kier molecular flexibility index (Phi) is 6.20. The molecular weight excluding hydrogens is 478 g/mol. The second kappa shape index (κ2) is 9.78. The summed E-state index contributed by atoms with van der Waals surface area (Å²) in [6.07, 6.45) is 4.86. The number of unbranched alkanes of at least 4 members (excludes halogenated alkanes) is 1. The van der Waals surface area contributed by atoms with E-state index in [0.717, 1.165) is 71.0 Å². The van der Waals surface area contributed by atoms with Crippen molar-refractivity contribution in [1.29, 1.82) is 0 Å². The van der Waals surface area contributed by atoms with Crippen LogP contribution in [0.15, 0.2) is 60.8 Å². The Morgan fingerprint density at radius 3 is 2.50 bits per heavy atom. The SMILES string of the molecule is COc1ccc2cc3[n+](cc2c1OCCCCOc1ccc(Cl)cc1)CCc1cc2c(cc1-3)OCO2. The Labute approximate surface area is 214 Å². The summed E-state index contributed by atoms with van der Waals surface area (Å²) < 4.78 is 31.2. The largest absolute Gasteiger partial charge is 0.494 e. The maximum atomic E-state index is 6.28. The van der Waals surface area contributed by atoms with Gasteiger partial charge in [-0.3, -0.25) is 0 Å². The number of hydrogen-bond acceptors (Lipinski definition) is 5. The second-order valence-electron chi connectivity index (χ2n) is 8.92. The zero-order valence-electron chi connectivity index (χ0n) is 20.1. The van der Waals surface area contributed by atoms with Crippen molar-refractivity contribution in [3.63, 3.8) is 0 Å². The monoisotopic (exact) mass is 504 g/mol. The van der Waals surface area contributed by atoms with E-state index in [0.29, 0.717) is 18.2 Å². The van der Waals surface area contributed by atoms with Gasteiger partial charge in [0.05, 0.1) is 31.3 Å². The van der Waals surface area contributed by atoms with Gasteiger partial charge < -0.3 is 23.7 Å². The smallest absolute Gasteiger partial charge is 0.231 e. The molecule has 0 radical (unpaired) electrons. The van der Waals surface area contributed by atoms with Gasteiger partial charge in [-0.05, 0) is 72.3 Å². The first-order valence-corrected chi connectivity index (χ1v) is 12.6. The summed E-state index contributed by atoms with van der Waals surface area (Å²) in [5.41, 5.74) is 3.63. The third kappa shape index (κ3) is 4.37. The standard InChI is InChI=1S/C29H27ClNO5/c1-32-26-9-4-19-14-25-23-16-28-27(35-18-36-28)15-20(23)10-11-31(25)17-24(19)29(26)34-13-3-2-12-33-22-7-5-21(30)6-8-22/h4-9,14-17H,2-3,10-13,18H2,1H3/q+1. The Balaban J connectivity index is 1.19. The fourth-order valence-electron chi connectivity index (χ4n) is 4.81. The average Bonchev–Trinajstić information content (AvgIpc) is 3.37. The molecule has 0 amide bonds. The van der Waals surface area contributed by atoms with E-state index in [1.54, 1.807) is 7.11 Å². The third-order valence-electron chi connectivity index (χ3n) is 6.66. The molecule has 6 rings (SSSR count). The maximum absolute atomic E-state index is 6.28. The van der Waals surface area contributed by atoms with Crippen LogP contribution < -0.4 is 28.3 Å². The molecule has 0 saturated carbocycles. The van der Waals surface area contributed by atoms with E-state index >= 15 is 0 Å². The molecule has 6 nitrogen and oxygen atoms in total. The van der Waals surface area contributed by atoms with Crippen molar-refractivity contribution in [3.8, 4) is 40.0 Å². The minimum atomic E-state index is 0.281. The van der Waals surface area contributed by atoms with Gasteiger partial charge in [-0.25, -0.2) is 0 Å². The van der Waals surface area contributed by atoms with Gasteiger partial charge >= 0.3 is 0 Å². The van der Waals surface area contributed by atoms with Gasteiger partial charge in [0.1, 0.15) is 5.75 Å². The van der Waals surface area contributed by atoms with Crippen molar-refractivity contribution in [3.05, 3.63) is 71.4 Å². The molecule has 0 spiro atoms. The normalized spacial score (nSPS) is 13.3. The zero-order chi connectivity index (χ0) is 24.5. The molecule has 2 aliphatic rings. The van der Waals surface area contributed by atoms with E-state index in [1.807, 2.05) is 30.3 Å². The molecular formula is C29H27ClNO5+. The van der Waals surface area contributed by atoms with E-state index in [2.05, 4.69) is 35.0 Å². The molecule has 184 valence electrons. The number of hydrogen-bond donors (Lipinski definition) is 0. The number of aromatic nitrogens is 1. The molecule has 3 aromatic carbocycles. The molecule has 7 heteroatoms. The van der Waals surface area contributed by atoms with Crippen molar-refractivity contribution >= 4 is 22.4 Å². The van der Waals surface area contributed by atoms with Crippen molar-refractivity contribution in [2.45, 2.75) is 25.8 Å². The quantitative estimate of drug-likeness (QED) is 0.218. The molecule has 1 aromatic heterocycles. The molecule has 0 unspecified atom stereocenters. The number of aryl methyl sites for hydroxylation is 2. The summed E-state index contributed by atoms with van der Waals surface area (Å²) in [5.74, 6) is 3.98. The highest BCUT2D eigenvalue weighted by molar-refractivity contribution is 6.30. The van der Waals surface area contributed by atoms with Crippen LogP contribution in [-0.4, -0.2) is 27.1 Å². The molecule has 4 aromatic rings. The highest BCUT2D eigenvalue weighted by Crippen LogP contribution is 2.41. The van der Waals surface area contributed by atoms with Gasteiger partial charge in [-0.2, -0.15) is 4.57 Å². The first kappa shape index (κ1) is 22.8. The highest BCUT2D eigenvalue weighted by atomic mass is 35.5. The lowest BCUT2D eigenvalue weighted by atomic mass is 9.95. The predicted octanol–water partition coefficient (Wildman–Crippen LogP) is 5.98. The number of rotatable bonds is 8. The second-order valence-corrected chi connectivity index (χ2v) is 9.36. The van der Waals surface area contributed by atoms with Gasteiger partial charge in [0.15, 0.2) is 35.7 Å². The lowest BCUT2D eigenvalue weighted by Crippen LogP contribution is -2.40. The average molecular weight is 505 g/mol. The lowest BCUT2D eigenvalue weighted by molar-refractivity contribution is -0.686. The van der Waals surface area contributed by atoms with Gasteiger partial charge in [0, 0.05) is 17.5 Å². The summed E-state index contributed by atoms with van der Waals surface area (Å²) >= 11 is 5.93. The number of nitrogens with zero attached hydrogens (tertiary/aromatic N) is 1. The number of ether oxygens (including phenoxy) is 5. The molecule has 36 heavy (non-hydrogen) atoms. The van der Waals surface area contributed by atoms with Crippen molar-refractivity contribution < 1.29 is 28.3 Å². The van der Waals surface area contributed by atoms with Crippen LogP contribution in [0, 0.1) is 0 Å². The molecule has 0 saturated heterocycles. The Morgan fingerprint density at radius 2 is 1.69 bits per heavy atom. The van der Waals surface area contributed by atoms with Crippen LogP contribution >= 0.6 is 11.6 Å². The lowest BCUT2D eigenvalue weighted by Gasteiger charge is -2.18. The topological polar surface area (TPSA) is 50.0 Å². The minimum absolute atomic E-state index is 0.281. The number of fused-ring (bicyclic) bond motifs is 5. The summed E-state index contributed by atoms with van der Waals surface area (Å²) in [6.45, 7) is 2.37. The van der Waals surface area contributed by atoms with Gasteiger partial charge in [0.2, 0.25) is 12.5 Å². The van der Waals surface area contributed by atoms with Crippen LogP contribution in [0.2, 0.25) is 5.02 Å². The predicted molar refractivity (Wildman–Crippen MR) is 138 cm³/mol. The molecule has 0 atom stereocenters. The fourth-order valence-corrected chi connectivity index (χ4v) is 4.93. The maximum Gasteiger partial charge on any atom is 0.231 e. The number of halogens is 1. The Morgan fingerprint density at radius 1 is 0.917 bits per heavy atom. The van der Waals surface area contributed by atoms with E-state index in [4.69, 9.17) is 35.3 Å². The summed E-state index contributed by atoms with van der Waals surface area (Å²) in [4.78, 5) is 0. The van der Waals surface area contributed by atoms with E-state index in [1.165, 1.54) is 11.1 Å². The molecule has 2 aliphatic heterocycles. The number of methoxy groups -OCH3 is 1. The van der Waals surface area contributed by atoms with Crippen LogP contribution in [0.1, 0.15) is 18.4 Å². The third-order valence-corrected chi connectivity index (χ3v) is 6.92. The molecule has 0 bridgehead atoms. The summed E-state index contributed by atoms with van der Waals surface area (Å²) in [5, 5.41) is 2.85. The number of pyridine rings is 1.